The third-order valence-electron chi connectivity index (χ3n) is 1.40. The van der Waals surface area contributed by atoms with Crippen LogP contribution < -0.4 is 0 Å². The molecule has 62 valence electrons. The Hall–Kier alpha value is -1.07. The Morgan fingerprint density at radius 2 is 2.08 bits per heavy atom. The number of hydrogen-bond acceptors (Lipinski definition) is 0. The monoisotopic (exact) mass is 186 g/mol. The molecule has 0 saturated carbocycles. The number of halogens is 3. The van der Waals surface area contributed by atoms with Gasteiger partial charge in [0.15, 0.2) is 0 Å². The smallest absolute Gasteiger partial charge is 0.205 e. The Balaban J connectivity index is 3.24. The van der Waals surface area contributed by atoms with Gasteiger partial charge in [0.25, 0.3) is 6.43 Å². The Bertz CT molecular complexity index is 326. The summed E-state index contributed by atoms with van der Waals surface area (Å²) in [7, 11) is 0. The number of benzene rings is 1. The van der Waals surface area contributed by atoms with Crippen LogP contribution in [-0.4, -0.2) is 0 Å². The molecule has 0 heterocycles. The first-order valence-corrected chi connectivity index (χ1v) is 3.57. The molecule has 3 heteroatoms. The van der Waals surface area contributed by atoms with E-state index < -0.39 is 6.43 Å². The summed E-state index contributed by atoms with van der Waals surface area (Å²) in [6.45, 7) is 0. The van der Waals surface area contributed by atoms with E-state index in [1.165, 1.54) is 18.2 Å². The molecule has 0 spiro atoms. The Morgan fingerprint density at radius 3 is 2.58 bits per heavy atom. The van der Waals surface area contributed by atoms with Gasteiger partial charge in [0, 0.05) is 16.1 Å². The van der Waals surface area contributed by atoms with E-state index >= 15 is 0 Å². The number of terminal acetylenes is 1. The highest BCUT2D eigenvalue weighted by Crippen LogP contribution is 2.25. The Morgan fingerprint density at radius 1 is 1.42 bits per heavy atom. The minimum absolute atomic E-state index is 0.189. The molecule has 0 amide bonds. The number of rotatable bonds is 1. The lowest BCUT2D eigenvalue weighted by atomic mass is 10.1. The number of alkyl halides is 2. The Kier molecular flexibility index (Phi) is 2.67. The lowest BCUT2D eigenvalue weighted by Gasteiger charge is -2.02. The molecule has 0 N–H and O–H groups in total. The van der Waals surface area contributed by atoms with Crippen LogP contribution in [0, 0.1) is 12.3 Å². The van der Waals surface area contributed by atoms with E-state index in [1.54, 1.807) is 0 Å². The molecule has 1 aromatic carbocycles. The summed E-state index contributed by atoms with van der Waals surface area (Å²) in [6, 6.07) is 4.08. The molecule has 0 aliphatic heterocycles. The molecule has 0 aliphatic rings. The molecular formula is C9H5ClF2. The van der Waals surface area contributed by atoms with E-state index in [9.17, 15) is 8.78 Å². The van der Waals surface area contributed by atoms with Crippen molar-refractivity contribution < 1.29 is 8.78 Å². The van der Waals surface area contributed by atoms with Gasteiger partial charge in [-0.15, -0.1) is 6.42 Å². The lowest BCUT2D eigenvalue weighted by molar-refractivity contribution is 0.151. The van der Waals surface area contributed by atoms with Crippen LogP contribution in [0.4, 0.5) is 8.78 Å². The van der Waals surface area contributed by atoms with Crippen molar-refractivity contribution in [2.75, 3.05) is 0 Å². The molecule has 0 bridgehead atoms. The van der Waals surface area contributed by atoms with E-state index in [2.05, 4.69) is 5.92 Å². The first kappa shape index (κ1) is 9.02. The molecule has 0 atom stereocenters. The van der Waals surface area contributed by atoms with Gasteiger partial charge >= 0.3 is 0 Å². The summed E-state index contributed by atoms with van der Waals surface area (Å²) < 4.78 is 24.5. The maximum atomic E-state index is 12.2. The third kappa shape index (κ3) is 1.75. The molecule has 0 aromatic heterocycles. The quantitative estimate of drug-likeness (QED) is 0.591. The maximum Gasteiger partial charge on any atom is 0.265 e. The summed E-state index contributed by atoms with van der Waals surface area (Å²) in [5, 5.41) is 0.268. The van der Waals surface area contributed by atoms with E-state index in [-0.39, 0.29) is 16.1 Å². The second-order valence-corrected chi connectivity index (χ2v) is 2.61. The predicted octanol–water partition coefficient (Wildman–Crippen LogP) is 3.26. The molecular weight excluding hydrogens is 182 g/mol. The molecule has 1 aromatic rings. The fourth-order valence-electron chi connectivity index (χ4n) is 0.846. The van der Waals surface area contributed by atoms with Crippen LogP contribution in [0.25, 0.3) is 0 Å². The zero-order valence-corrected chi connectivity index (χ0v) is 6.78. The first-order valence-electron chi connectivity index (χ1n) is 3.19. The van der Waals surface area contributed by atoms with Gasteiger partial charge in [-0.3, -0.25) is 0 Å². The average Bonchev–Trinajstić information content (AvgIpc) is 2.04. The molecule has 1 rings (SSSR count). The number of hydrogen-bond donors (Lipinski definition) is 0. The zero-order chi connectivity index (χ0) is 9.14. The van der Waals surface area contributed by atoms with Crippen molar-refractivity contribution in [3.63, 3.8) is 0 Å². The predicted molar refractivity (Wildman–Crippen MR) is 44.3 cm³/mol. The van der Waals surface area contributed by atoms with Crippen LogP contribution in [0.2, 0.25) is 5.02 Å². The van der Waals surface area contributed by atoms with Crippen molar-refractivity contribution in [1.29, 1.82) is 0 Å². The molecule has 0 radical (unpaired) electrons. The normalized spacial score (nSPS) is 9.92. The summed E-state index contributed by atoms with van der Waals surface area (Å²) in [5.74, 6) is 2.17. The summed E-state index contributed by atoms with van der Waals surface area (Å²) in [6.07, 6.45) is 2.44. The van der Waals surface area contributed by atoms with E-state index in [0.717, 1.165) is 0 Å². The minimum Gasteiger partial charge on any atom is -0.205 e. The van der Waals surface area contributed by atoms with Gasteiger partial charge in [-0.25, -0.2) is 8.78 Å². The first-order chi connectivity index (χ1) is 5.65. The highest BCUT2D eigenvalue weighted by atomic mass is 35.5. The van der Waals surface area contributed by atoms with Gasteiger partial charge in [-0.1, -0.05) is 17.5 Å². The zero-order valence-electron chi connectivity index (χ0n) is 6.02. The van der Waals surface area contributed by atoms with Crippen molar-refractivity contribution in [3.05, 3.63) is 34.3 Å². The van der Waals surface area contributed by atoms with Crippen LogP contribution in [0.5, 0.6) is 0 Å². The topological polar surface area (TPSA) is 0 Å². The Labute approximate surface area is 74.2 Å². The second-order valence-electron chi connectivity index (χ2n) is 2.18. The van der Waals surface area contributed by atoms with Crippen molar-refractivity contribution in [2.45, 2.75) is 6.43 Å². The molecule has 0 unspecified atom stereocenters. The molecule has 0 fully saturated rings. The second kappa shape index (κ2) is 3.55. The maximum absolute atomic E-state index is 12.2. The minimum atomic E-state index is -2.57. The fourth-order valence-corrected chi connectivity index (χ4v) is 1.03. The molecule has 0 saturated heterocycles. The average molecular weight is 187 g/mol. The van der Waals surface area contributed by atoms with Crippen LogP contribution in [0.15, 0.2) is 18.2 Å². The summed E-state index contributed by atoms with van der Waals surface area (Å²) in [5.41, 5.74) is -0.000556. The fraction of sp³-hybridized carbons (Fsp3) is 0.111. The van der Waals surface area contributed by atoms with Gasteiger partial charge in [0.2, 0.25) is 0 Å². The highest BCUT2D eigenvalue weighted by Gasteiger charge is 2.11. The molecule has 12 heavy (non-hydrogen) atoms. The van der Waals surface area contributed by atoms with Crippen molar-refractivity contribution in [1.82, 2.24) is 0 Å². The van der Waals surface area contributed by atoms with Crippen molar-refractivity contribution in [3.8, 4) is 12.3 Å². The van der Waals surface area contributed by atoms with Gasteiger partial charge < -0.3 is 0 Å². The molecule has 0 nitrogen and oxygen atoms in total. The van der Waals surface area contributed by atoms with Crippen molar-refractivity contribution >= 4 is 11.6 Å². The van der Waals surface area contributed by atoms with E-state index in [0.29, 0.717) is 0 Å². The van der Waals surface area contributed by atoms with E-state index in [4.69, 9.17) is 18.0 Å². The van der Waals surface area contributed by atoms with Crippen LogP contribution in [0.3, 0.4) is 0 Å². The van der Waals surface area contributed by atoms with Gasteiger partial charge in [0.05, 0.1) is 0 Å². The highest BCUT2D eigenvalue weighted by molar-refractivity contribution is 6.30. The van der Waals surface area contributed by atoms with Crippen LogP contribution in [-0.2, 0) is 0 Å². The third-order valence-corrected chi connectivity index (χ3v) is 1.64. The largest absolute Gasteiger partial charge is 0.265 e. The summed E-state index contributed by atoms with van der Waals surface area (Å²) in [4.78, 5) is 0. The van der Waals surface area contributed by atoms with Gasteiger partial charge in [-0.05, 0) is 18.2 Å². The van der Waals surface area contributed by atoms with Crippen molar-refractivity contribution in [2.24, 2.45) is 0 Å². The van der Waals surface area contributed by atoms with Gasteiger partial charge in [0.1, 0.15) is 0 Å². The SMILES string of the molecule is C#Cc1ccc(Cl)cc1C(F)F. The summed E-state index contributed by atoms with van der Waals surface area (Å²) >= 11 is 5.52. The van der Waals surface area contributed by atoms with Crippen LogP contribution >= 0.6 is 11.6 Å². The lowest BCUT2D eigenvalue weighted by Crippen LogP contribution is -1.89. The molecule has 0 aliphatic carbocycles. The van der Waals surface area contributed by atoms with Crippen LogP contribution in [0.1, 0.15) is 17.6 Å². The van der Waals surface area contributed by atoms with Gasteiger partial charge in [-0.2, -0.15) is 0 Å². The van der Waals surface area contributed by atoms with E-state index in [1.807, 2.05) is 0 Å². The standard InChI is InChI=1S/C9H5ClF2/c1-2-6-3-4-7(10)5-8(6)9(11)12/h1,3-5,9H.